The molecule has 0 spiro atoms. The first kappa shape index (κ1) is 14.4. The van der Waals surface area contributed by atoms with Crippen molar-refractivity contribution in [1.29, 1.82) is 0 Å². The van der Waals surface area contributed by atoms with Gasteiger partial charge in [0.1, 0.15) is 0 Å². The average molecular weight is 261 g/mol. The van der Waals surface area contributed by atoms with Crippen molar-refractivity contribution in [2.45, 2.75) is 26.4 Å². The third kappa shape index (κ3) is 3.71. The minimum absolute atomic E-state index is 0.677. The van der Waals surface area contributed by atoms with Gasteiger partial charge >= 0.3 is 0 Å². The Labute approximate surface area is 117 Å². The van der Waals surface area contributed by atoms with E-state index in [1.54, 1.807) is 0 Å². The standard InChI is InChI=1S/C16H27N3/c1-14(2)19-11-9-18(10-12-19)13-15-7-5-6-8-16(15)17(3)4/h5-8,14H,9-13H2,1-4H3. The molecule has 0 N–H and O–H groups in total. The number of nitrogens with zero attached hydrogens (tertiary/aromatic N) is 3. The van der Waals surface area contributed by atoms with Crippen molar-refractivity contribution >= 4 is 5.69 Å². The van der Waals surface area contributed by atoms with Crippen LogP contribution in [-0.2, 0) is 6.54 Å². The average Bonchev–Trinajstić information content (AvgIpc) is 2.39. The van der Waals surface area contributed by atoms with E-state index in [1.165, 1.54) is 37.4 Å². The molecule has 0 atom stereocenters. The number of benzene rings is 1. The van der Waals surface area contributed by atoms with Crippen molar-refractivity contribution in [3.05, 3.63) is 29.8 Å². The Kier molecular flexibility index (Phi) is 4.83. The monoisotopic (exact) mass is 261 g/mol. The normalized spacial score (nSPS) is 17.9. The van der Waals surface area contributed by atoms with E-state index >= 15 is 0 Å². The van der Waals surface area contributed by atoms with Crippen LogP contribution in [0.3, 0.4) is 0 Å². The molecule has 0 aromatic heterocycles. The molecule has 1 aliphatic rings. The molecule has 2 rings (SSSR count). The van der Waals surface area contributed by atoms with Crippen LogP contribution in [0.4, 0.5) is 5.69 Å². The molecule has 0 bridgehead atoms. The summed E-state index contributed by atoms with van der Waals surface area (Å²) in [7, 11) is 4.24. The van der Waals surface area contributed by atoms with Gasteiger partial charge in [-0.1, -0.05) is 18.2 Å². The van der Waals surface area contributed by atoms with Gasteiger partial charge in [-0.2, -0.15) is 0 Å². The van der Waals surface area contributed by atoms with Crippen molar-refractivity contribution in [1.82, 2.24) is 9.80 Å². The summed E-state index contributed by atoms with van der Waals surface area (Å²) in [6.45, 7) is 10.4. The van der Waals surface area contributed by atoms with Gasteiger partial charge in [-0.05, 0) is 25.5 Å². The summed E-state index contributed by atoms with van der Waals surface area (Å²) in [5.41, 5.74) is 2.78. The number of hydrogen-bond acceptors (Lipinski definition) is 3. The van der Waals surface area contributed by atoms with Crippen LogP contribution >= 0.6 is 0 Å². The first-order chi connectivity index (χ1) is 9.08. The van der Waals surface area contributed by atoms with Gasteiger partial charge in [0.25, 0.3) is 0 Å². The predicted molar refractivity (Wildman–Crippen MR) is 82.8 cm³/mol. The van der Waals surface area contributed by atoms with Gasteiger partial charge in [-0.25, -0.2) is 0 Å². The summed E-state index contributed by atoms with van der Waals surface area (Å²) < 4.78 is 0. The topological polar surface area (TPSA) is 9.72 Å². The highest BCUT2D eigenvalue weighted by molar-refractivity contribution is 5.52. The third-order valence-corrected chi connectivity index (χ3v) is 4.00. The Bertz CT molecular complexity index is 393. The second kappa shape index (κ2) is 6.40. The first-order valence-corrected chi connectivity index (χ1v) is 7.29. The summed E-state index contributed by atoms with van der Waals surface area (Å²) in [6.07, 6.45) is 0. The van der Waals surface area contributed by atoms with Crippen LogP contribution in [0.5, 0.6) is 0 Å². The van der Waals surface area contributed by atoms with E-state index in [0.717, 1.165) is 6.54 Å². The quantitative estimate of drug-likeness (QED) is 0.823. The van der Waals surface area contributed by atoms with Crippen molar-refractivity contribution in [2.75, 3.05) is 45.2 Å². The predicted octanol–water partition coefficient (Wildman–Crippen LogP) is 2.28. The lowest BCUT2D eigenvalue weighted by Crippen LogP contribution is -2.48. The van der Waals surface area contributed by atoms with E-state index in [2.05, 4.69) is 66.9 Å². The number of anilines is 1. The maximum atomic E-state index is 2.57. The molecular formula is C16H27N3. The molecule has 106 valence electrons. The Hall–Kier alpha value is -1.06. The molecular weight excluding hydrogens is 234 g/mol. The summed E-state index contributed by atoms with van der Waals surface area (Å²) in [6, 6.07) is 9.41. The van der Waals surface area contributed by atoms with E-state index in [0.29, 0.717) is 6.04 Å². The minimum atomic E-state index is 0.677. The Morgan fingerprint density at radius 3 is 2.26 bits per heavy atom. The van der Waals surface area contributed by atoms with Crippen LogP contribution in [0.15, 0.2) is 24.3 Å². The van der Waals surface area contributed by atoms with Gasteiger partial charge in [-0.3, -0.25) is 9.80 Å². The lowest BCUT2D eigenvalue weighted by molar-refractivity contribution is 0.104. The molecule has 3 nitrogen and oxygen atoms in total. The number of rotatable bonds is 4. The number of hydrogen-bond donors (Lipinski definition) is 0. The van der Waals surface area contributed by atoms with Crippen molar-refractivity contribution in [2.24, 2.45) is 0 Å². The smallest absolute Gasteiger partial charge is 0.0406 e. The SMILES string of the molecule is CC(C)N1CCN(Cc2ccccc2N(C)C)CC1. The van der Waals surface area contributed by atoms with Crippen molar-refractivity contribution in [3.63, 3.8) is 0 Å². The van der Waals surface area contributed by atoms with Gasteiger partial charge in [0.2, 0.25) is 0 Å². The maximum Gasteiger partial charge on any atom is 0.0406 e. The van der Waals surface area contributed by atoms with Crippen LogP contribution in [0, 0.1) is 0 Å². The lowest BCUT2D eigenvalue weighted by atomic mass is 10.1. The third-order valence-electron chi connectivity index (χ3n) is 4.00. The Balaban J connectivity index is 1.96. The van der Waals surface area contributed by atoms with Crippen LogP contribution in [0.2, 0.25) is 0 Å². The second-order valence-electron chi connectivity index (χ2n) is 5.93. The maximum absolute atomic E-state index is 2.57. The number of piperazine rings is 1. The molecule has 0 unspecified atom stereocenters. The minimum Gasteiger partial charge on any atom is -0.377 e. The summed E-state index contributed by atoms with van der Waals surface area (Å²) in [4.78, 5) is 7.34. The molecule has 1 aromatic rings. The Morgan fingerprint density at radius 2 is 1.68 bits per heavy atom. The van der Waals surface area contributed by atoms with Crippen molar-refractivity contribution < 1.29 is 0 Å². The van der Waals surface area contributed by atoms with Crippen LogP contribution < -0.4 is 4.90 Å². The summed E-state index contributed by atoms with van der Waals surface area (Å²) >= 11 is 0. The fourth-order valence-electron chi connectivity index (χ4n) is 2.76. The molecule has 1 heterocycles. The van der Waals surface area contributed by atoms with Crippen LogP contribution in [-0.4, -0.2) is 56.1 Å². The van der Waals surface area contributed by atoms with Gasteiger partial charge < -0.3 is 4.90 Å². The number of para-hydroxylation sites is 1. The zero-order valence-electron chi connectivity index (χ0n) is 12.8. The highest BCUT2D eigenvalue weighted by atomic mass is 15.3. The molecule has 0 aliphatic carbocycles. The summed E-state index contributed by atoms with van der Waals surface area (Å²) in [5, 5.41) is 0. The largest absolute Gasteiger partial charge is 0.377 e. The zero-order valence-corrected chi connectivity index (χ0v) is 12.8. The molecule has 19 heavy (non-hydrogen) atoms. The molecule has 1 fully saturated rings. The van der Waals surface area contributed by atoms with E-state index < -0.39 is 0 Å². The van der Waals surface area contributed by atoms with E-state index in [9.17, 15) is 0 Å². The molecule has 0 radical (unpaired) electrons. The van der Waals surface area contributed by atoms with Gasteiger partial charge in [-0.15, -0.1) is 0 Å². The molecule has 1 saturated heterocycles. The molecule has 1 aromatic carbocycles. The summed E-state index contributed by atoms with van der Waals surface area (Å²) in [5.74, 6) is 0. The highest BCUT2D eigenvalue weighted by Gasteiger charge is 2.19. The molecule has 1 aliphatic heterocycles. The van der Waals surface area contributed by atoms with E-state index in [-0.39, 0.29) is 0 Å². The van der Waals surface area contributed by atoms with Gasteiger partial charge in [0, 0.05) is 58.5 Å². The van der Waals surface area contributed by atoms with Crippen molar-refractivity contribution in [3.8, 4) is 0 Å². The van der Waals surface area contributed by atoms with Crippen LogP contribution in [0.25, 0.3) is 0 Å². The Morgan fingerprint density at radius 1 is 1.05 bits per heavy atom. The fraction of sp³-hybridized carbons (Fsp3) is 0.625. The van der Waals surface area contributed by atoms with E-state index in [4.69, 9.17) is 0 Å². The zero-order chi connectivity index (χ0) is 13.8. The molecule has 3 heteroatoms. The first-order valence-electron chi connectivity index (χ1n) is 7.29. The molecule has 0 amide bonds. The van der Waals surface area contributed by atoms with E-state index in [1.807, 2.05) is 0 Å². The second-order valence-corrected chi connectivity index (χ2v) is 5.93. The van der Waals surface area contributed by atoms with Gasteiger partial charge in [0.05, 0.1) is 0 Å². The van der Waals surface area contributed by atoms with Crippen LogP contribution in [0.1, 0.15) is 19.4 Å². The lowest BCUT2D eigenvalue weighted by Gasteiger charge is -2.37. The van der Waals surface area contributed by atoms with Gasteiger partial charge in [0.15, 0.2) is 0 Å². The fourth-order valence-corrected chi connectivity index (χ4v) is 2.76. The highest BCUT2D eigenvalue weighted by Crippen LogP contribution is 2.20. The molecule has 0 saturated carbocycles.